The van der Waals surface area contributed by atoms with E-state index in [9.17, 15) is 14.4 Å². The highest BCUT2D eigenvalue weighted by molar-refractivity contribution is 6.02. The lowest BCUT2D eigenvalue weighted by Crippen LogP contribution is -2.39. The van der Waals surface area contributed by atoms with Crippen LogP contribution in [0.3, 0.4) is 0 Å². The third-order valence-corrected chi connectivity index (χ3v) is 6.91. The Morgan fingerprint density at radius 1 is 1.08 bits per heavy atom. The van der Waals surface area contributed by atoms with E-state index in [0.29, 0.717) is 47.0 Å². The summed E-state index contributed by atoms with van der Waals surface area (Å²) >= 11 is 0. The summed E-state index contributed by atoms with van der Waals surface area (Å²) in [6.45, 7) is 8.67. The van der Waals surface area contributed by atoms with Crippen molar-refractivity contribution in [3.63, 3.8) is 0 Å². The minimum absolute atomic E-state index is 0.0827. The number of fused-ring (bicyclic) bond motifs is 1. The molecule has 2 amide bonds. The summed E-state index contributed by atoms with van der Waals surface area (Å²) in [5, 5.41) is 5.94. The molecule has 0 aliphatic carbocycles. The molecule has 0 atom stereocenters. The quantitative estimate of drug-likeness (QED) is 0.438. The van der Waals surface area contributed by atoms with Crippen molar-refractivity contribution in [2.45, 2.75) is 52.1 Å². The van der Waals surface area contributed by atoms with E-state index in [1.165, 1.54) is 6.92 Å². The SMILES string of the molecule is COCCn1c(C2CCN(C(C)C)CC2)nc2ccc(NC(=O)Nc3cccc(C(C)=O)c3)cc2c1=O. The molecule has 0 spiro atoms. The zero-order valence-electron chi connectivity index (χ0n) is 21.9. The number of amides is 2. The Balaban J connectivity index is 1.58. The molecule has 37 heavy (non-hydrogen) atoms. The largest absolute Gasteiger partial charge is 0.383 e. The van der Waals surface area contributed by atoms with Crippen LogP contribution in [0.15, 0.2) is 47.3 Å². The van der Waals surface area contributed by atoms with E-state index in [0.717, 1.165) is 31.8 Å². The van der Waals surface area contributed by atoms with Crippen molar-refractivity contribution in [3.05, 3.63) is 64.2 Å². The normalized spacial score (nSPS) is 14.7. The molecule has 1 fully saturated rings. The van der Waals surface area contributed by atoms with Crippen molar-refractivity contribution >= 4 is 34.1 Å². The fourth-order valence-corrected chi connectivity index (χ4v) is 4.81. The third kappa shape index (κ3) is 6.23. The number of ketones is 1. The number of anilines is 2. The number of nitrogens with one attached hydrogen (secondary N) is 2. The number of aromatic nitrogens is 2. The van der Waals surface area contributed by atoms with Gasteiger partial charge in [-0.1, -0.05) is 12.1 Å². The van der Waals surface area contributed by atoms with Crippen LogP contribution in [0.4, 0.5) is 16.2 Å². The molecular weight excluding hydrogens is 470 g/mol. The van der Waals surface area contributed by atoms with Gasteiger partial charge < -0.3 is 20.3 Å². The van der Waals surface area contributed by atoms with Gasteiger partial charge in [0, 0.05) is 36.0 Å². The first-order valence-electron chi connectivity index (χ1n) is 12.7. The average Bonchev–Trinajstić information content (AvgIpc) is 2.88. The van der Waals surface area contributed by atoms with Crippen LogP contribution < -0.4 is 16.2 Å². The highest BCUT2D eigenvalue weighted by Crippen LogP contribution is 2.28. The van der Waals surface area contributed by atoms with Gasteiger partial charge in [0.1, 0.15) is 5.82 Å². The minimum Gasteiger partial charge on any atom is -0.383 e. The summed E-state index contributed by atoms with van der Waals surface area (Å²) < 4.78 is 7.01. The van der Waals surface area contributed by atoms with Gasteiger partial charge in [-0.05, 0) is 77.0 Å². The van der Waals surface area contributed by atoms with Gasteiger partial charge in [-0.3, -0.25) is 14.2 Å². The number of carbonyl (C=O) groups is 2. The Bertz CT molecular complexity index is 1340. The summed E-state index contributed by atoms with van der Waals surface area (Å²) in [6.07, 6.45) is 1.90. The molecule has 2 N–H and O–H groups in total. The maximum Gasteiger partial charge on any atom is 0.323 e. The van der Waals surface area contributed by atoms with Gasteiger partial charge in [0.05, 0.1) is 24.1 Å². The molecule has 1 saturated heterocycles. The lowest BCUT2D eigenvalue weighted by Gasteiger charge is -2.35. The summed E-state index contributed by atoms with van der Waals surface area (Å²) in [6, 6.07) is 11.9. The second-order valence-corrected chi connectivity index (χ2v) is 9.77. The van der Waals surface area contributed by atoms with Crippen LogP contribution in [0.5, 0.6) is 0 Å². The number of ether oxygens (including phenoxy) is 1. The van der Waals surface area contributed by atoms with Crippen LogP contribution in [0, 0.1) is 0 Å². The fourth-order valence-electron chi connectivity index (χ4n) is 4.81. The maximum atomic E-state index is 13.6. The predicted octanol–water partition coefficient (Wildman–Crippen LogP) is 4.48. The lowest BCUT2D eigenvalue weighted by molar-refractivity contribution is 0.101. The summed E-state index contributed by atoms with van der Waals surface area (Å²) in [5.74, 6) is 0.931. The number of likely N-dealkylation sites (tertiary alicyclic amines) is 1. The zero-order valence-corrected chi connectivity index (χ0v) is 21.9. The van der Waals surface area contributed by atoms with Crippen LogP contribution in [0.2, 0.25) is 0 Å². The highest BCUT2D eigenvalue weighted by Gasteiger charge is 2.26. The Morgan fingerprint density at radius 3 is 2.43 bits per heavy atom. The van der Waals surface area contributed by atoms with Crippen LogP contribution in [-0.2, 0) is 11.3 Å². The first-order chi connectivity index (χ1) is 17.8. The molecule has 4 rings (SSSR count). The van der Waals surface area contributed by atoms with Gasteiger partial charge in [0.2, 0.25) is 0 Å². The Kier molecular flexibility index (Phi) is 8.35. The standard InChI is InChI=1S/C28H35N5O4/c1-18(2)32-12-10-20(11-13-32)26-31-25-9-8-23(17-24(25)27(35)33(26)14-15-37-4)30-28(36)29-22-7-5-6-21(16-22)19(3)34/h5-9,16-18,20H,10-15H2,1-4H3,(H2,29,30,36). The summed E-state index contributed by atoms with van der Waals surface area (Å²) in [4.78, 5) is 45.2. The first kappa shape index (κ1) is 26.5. The first-order valence-corrected chi connectivity index (χ1v) is 12.7. The topological polar surface area (TPSA) is 106 Å². The summed E-state index contributed by atoms with van der Waals surface area (Å²) in [7, 11) is 1.62. The number of benzene rings is 2. The van der Waals surface area contributed by atoms with Crippen molar-refractivity contribution in [1.29, 1.82) is 0 Å². The second kappa shape index (κ2) is 11.7. The zero-order chi connectivity index (χ0) is 26.5. The van der Waals surface area contributed by atoms with Gasteiger partial charge in [0.15, 0.2) is 5.78 Å². The number of rotatable bonds is 8. The number of piperidine rings is 1. The number of hydrogen-bond donors (Lipinski definition) is 2. The van der Waals surface area contributed by atoms with Gasteiger partial charge in [-0.2, -0.15) is 0 Å². The third-order valence-electron chi connectivity index (χ3n) is 6.91. The van der Waals surface area contributed by atoms with Gasteiger partial charge in [0.25, 0.3) is 5.56 Å². The molecule has 2 heterocycles. The molecule has 3 aromatic rings. The molecule has 0 unspecified atom stereocenters. The molecule has 0 radical (unpaired) electrons. The molecule has 0 saturated carbocycles. The molecule has 196 valence electrons. The number of nitrogens with zero attached hydrogens (tertiary/aromatic N) is 3. The van der Waals surface area contributed by atoms with E-state index in [2.05, 4.69) is 29.4 Å². The number of urea groups is 1. The van der Waals surface area contributed by atoms with Crippen molar-refractivity contribution in [1.82, 2.24) is 14.5 Å². The van der Waals surface area contributed by atoms with Crippen LogP contribution in [0.25, 0.3) is 10.9 Å². The van der Waals surface area contributed by atoms with E-state index in [-0.39, 0.29) is 17.3 Å². The monoisotopic (exact) mass is 505 g/mol. The summed E-state index contributed by atoms with van der Waals surface area (Å²) in [5.41, 5.74) is 1.96. The number of carbonyl (C=O) groups excluding carboxylic acids is 2. The molecule has 1 aliphatic heterocycles. The van der Waals surface area contributed by atoms with E-state index >= 15 is 0 Å². The van der Waals surface area contributed by atoms with Crippen molar-refractivity contribution < 1.29 is 14.3 Å². The van der Waals surface area contributed by atoms with Gasteiger partial charge in [-0.15, -0.1) is 0 Å². The fraction of sp³-hybridized carbons (Fsp3) is 0.429. The van der Waals surface area contributed by atoms with Crippen LogP contribution in [0.1, 0.15) is 55.7 Å². The van der Waals surface area contributed by atoms with E-state index in [4.69, 9.17) is 9.72 Å². The lowest BCUT2D eigenvalue weighted by atomic mass is 9.94. The van der Waals surface area contributed by atoms with Crippen LogP contribution >= 0.6 is 0 Å². The van der Waals surface area contributed by atoms with E-state index in [1.54, 1.807) is 54.1 Å². The maximum absolute atomic E-state index is 13.6. The van der Waals surface area contributed by atoms with Crippen LogP contribution in [-0.4, -0.2) is 59.1 Å². The van der Waals surface area contributed by atoms with Crippen molar-refractivity contribution in [2.24, 2.45) is 0 Å². The molecule has 1 aromatic heterocycles. The molecule has 0 bridgehead atoms. The minimum atomic E-state index is -0.471. The van der Waals surface area contributed by atoms with E-state index < -0.39 is 6.03 Å². The van der Waals surface area contributed by atoms with Gasteiger partial charge >= 0.3 is 6.03 Å². The highest BCUT2D eigenvalue weighted by atomic mass is 16.5. The Labute approximate surface area is 216 Å². The number of hydrogen-bond acceptors (Lipinski definition) is 6. The average molecular weight is 506 g/mol. The Hall–Kier alpha value is -3.56. The number of methoxy groups -OCH3 is 1. The second-order valence-electron chi connectivity index (χ2n) is 9.77. The molecule has 9 heteroatoms. The smallest absolute Gasteiger partial charge is 0.323 e. The molecular formula is C28H35N5O4. The molecule has 2 aromatic carbocycles. The van der Waals surface area contributed by atoms with E-state index in [1.807, 2.05) is 0 Å². The van der Waals surface area contributed by atoms with Crippen molar-refractivity contribution in [2.75, 3.05) is 37.4 Å². The van der Waals surface area contributed by atoms with Crippen molar-refractivity contribution in [3.8, 4) is 0 Å². The van der Waals surface area contributed by atoms with Gasteiger partial charge in [-0.25, -0.2) is 9.78 Å². The molecule has 1 aliphatic rings. The predicted molar refractivity (Wildman–Crippen MR) is 146 cm³/mol. The number of Topliss-reactive ketones (excluding diaryl/α,β-unsaturated/α-hetero) is 1. The Morgan fingerprint density at radius 2 is 1.78 bits per heavy atom. The molecule has 9 nitrogen and oxygen atoms in total.